The van der Waals surface area contributed by atoms with Crippen molar-refractivity contribution in [3.05, 3.63) is 34.3 Å². The molecule has 0 spiro atoms. The summed E-state index contributed by atoms with van der Waals surface area (Å²) in [5.74, 6) is 0.129. The Balaban J connectivity index is 2.11. The van der Waals surface area contributed by atoms with E-state index < -0.39 is 15.1 Å². The molecule has 2 unspecified atom stereocenters. The molecule has 0 aliphatic carbocycles. The molecule has 0 amide bonds. The van der Waals surface area contributed by atoms with Gasteiger partial charge in [0.05, 0.1) is 17.1 Å². The normalized spacial score (nSPS) is 22.0. The van der Waals surface area contributed by atoms with Crippen LogP contribution in [0.3, 0.4) is 0 Å². The van der Waals surface area contributed by atoms with Crippen molar-refractivity contribution < 1.29 is 13.2 Å². The summed E-state index contributed by atoms with van der Waals surface area (Å²) in [6.07, 6.45) is 1.70. The van der Waals surface area contributed by atoms with E-state index >= 15 is 0 Å². The first kappa shape index (κ1) is 14.0. The van der Waals surface area contributed by atoms with Crippen molar-refractivity contribution >= 4 is 25.8 Å². The van der Waals surface area contributed by atoms with Gasteiger partial charge in [0.15, 0.2) is 9.84 Å². The predicted octanol–water partition coefficient (Wildman–Crippen LogP) is 3.10. The first-order valence-electron chi connectivity index (χ1n) is 6.07. The molecule has 1 heterocycles. The molecule has 3 nitrogen and oxygen atoms in total. The van der Waals surface area contributed by atoms with Crippen LogP contribution in [-0.4, -0.2) is 26.9 Å². The van der Waals surface area contributed by atoms with Gasteiger partial charge < -0.3 is 4.74 Å². The molecule has 1 aromatic rings. The fourth-order valence-corrected chi connectivity index (χ4v) is 4.03. The summed E-state index contributed by atoms with van der Waals surface area (Å²) in [6, 6.07) is 7.43. The minimum atomic E-state index is -3.15. The van der Waals surface area contributed by atoms with E-state index in [4.69, 9.17) is 4.74 Å². The summed E-state index contributed by atoms with van der Waals surface area (Å²) < 4.78 is 30.9. The molecular weight excluding hydrogens is 316 g/mol. The highest BCUT2D eigenvalue weighted by atomic mass is 79.9. The van der Waals surface area contributed by atoms with Crippen molar-refractivity contribution in [1.82, 2.24) is 0 Å². The summed E-state index contributed by atoms with van der Waals surface area (Å²) >= 11 is 3.35. The second-order valence-corrected chi connectivity index (χ2v) is 7.94. The Morgan fingerprint density at radius 2 is 2.06 bits per heavy atom. The maximum Gasteiger partial charge on any atom is 0.159 e. The lowest BCUT2D eigenvalue weighted by atomic mass is 10.2. The standard InChI is InChI=1S/C13H17BrO3S/c1-10(11-4-6-12(14)7-5-11)18(15,16)9-13-3-2-8-17-13/h4-7,10,13H,2-3,8-9H2,1H3. The Morgan fingerprint density at radius 1 is 1.39 bits per heavy atom. The zero-order valence-electron chi connectivity index (χ0n) is 10.3. The van der Waals surface area contributed by atoms with Gasteiger partial charge in [-0.3, -0.25) is 0 Å². The van der Waals surface area contributed by atoms with Crippen molar-refractivity contribution in [2.45, 2.75) is 31.1 Å². The van der Waals surface area contributed by atoms with Crippen LogP contribution in [0.15, 0.2) is 28.7 Å². The molecule has 0 saturated carbocycles. The maximum absolute atomic E-state index is 12.3. The van der Waals surface area contributed by atoms with Gasteiger partial charge in [-0.15, -0.1) is 0 Å². The summed E-state index contributed by atoms with van der Waals surface area (Å²) in [5.41, 5.74) is 0.830. The summed E-state index contributed by atoms with van der Waals surface area (Å²) in [5, 5.41) is -0.477. The Bertz CT molecular complexity index is 489. The Hall–Kier alpha value is -0.390. The highest BCUT2D eigenvalue weighted by molar-refractivity contribution is 9.10. The summed E-state index contributed by atoms with van der Waals surface area (Å²) in [7, 11) is -3.15. The number of hydrogen-bond acceptors (Lipinski definition) is 3. The molecule has 0 aromatic heterocycles. The average Bonchev–Trinajstić information content (AvgIpc) is 2.81. The van der Waals surface area contributed by atoms with Crippen molar-refractivity contribution in [2.75, 3.05) is 12.4 Å². The molecular formula is C13H17BrO3S. The topological polar surface area (TPSA) is 43.4 Å². The number of benzene rings is 1. The van der Waals surface area contributed by atoms with Gasteiger partial charge in [0.25, 0.3) is 0 Å². The SMILES string of the molecule is CC(c1ccc(Br)cc1)S(=O)(=O)CC1CCCO1. The van der Waals surface area contributed by atoms with Gasteiger partial charge in [0.1, 0.15) is 0 Å². The molecule has 1 aliphatic rings. The molecule has 1 saturated heterocycles. The molecule has 0 radical (unpaired) electrons. The smallest absolute Gasteiger partial charge is 0.159 e. The molecule has 1 fully saturated rings. The van der Waals surface area contributed by atoms with Crippen molar-refractivity contribution in [2.24, 2.45) is 0 Å². The molecule has 100 valence electrons. The van der Waals surface area contributed by atoms with Crippen molar-refractivity contribution in [3.8, 4) is 0 Å². The van der Waals surface area contributed by atoms with Gasteiger partial charge in [-0.05, 0) is 37.5 Å². The van der Waals surface area contributed by atoms with Crippen molar-refractivity contribution in [1.29, 1.82) is 0 Å². The third kappa shape index (κ3) is 3.33. The maximum atomic E-state index is 12.3. The Labute approximate surface area is 117 Å². The summed E-state index contributed by atoms with van der Waals surface area (Å²) in [4.78, 5) is 0. The summed E-state index contributed by atoms with van der Waals surface area (Å²) in [6.45, 7) is 2.43. The van der Waals surface area contributed by atoms with Crippen LogP contribution in [0.2, 0.25) is 0 Å². The van der Waals surface area contributed by atoms with Crippen LogP contribution in [0.25, 0.3) is 0 Å². The monoisotopic (exact) mass is 332 g/mol. The van der Waals surface area contributed by atoms with Crippen molar-refractivity contribution in [3.63, 3.8) is 0 Å². The second-order valence-electron chi connectivity index (χ2n) is 4.66. The molecule has 5 heteroatoms. The van der Waals surface area contributed by atoms with Gasteiger partial charge in [-0.25, -0.2) is 8.42 Å². The Kier molecular flexibility index (Phi) is 4.45. The van der Waals surface area contributed by atoms with E-state index in [9.17, 15) is 8.42 Å². The van der Waals surface area contributed by atoms with E-state index in [1.54, 1.807) is 6.92 Å². The van der Waals surface area contributed by atoms with Gasteiger partial charge >= 0.3 is 0 Å². The number of rotatable bonds is 4. The fraction of sp³-hybridized carbons (Fsp3) is 0.538. The number of sulfone groups is 1. The fourth-order valence-electron chi connectivity index (χ4n) is 2.12. The van der Waals surface area contributed by atoms with Crippen LogP contribution in [0.5, 0.6) is 0 Å². The van der Waals surface area contributed by atoms with Crippen LogP contribution in [-0.2, 0) is 14.6 Å². The minimum Gasteiger partial charge on any atom is -0.377 e. The van der Waals surface area contributed by atoms with Crippen LogP contribution in [0, 0.1) is 0 Å². The molecule has 0 N–H and O–H groups in total. The lowest BCUT2D eigenvalue weighted by Gasteiger charge is -2.16. The first-order valence-corrected chi connectivity index (χ1v) is 8.58. The molecule has 1 aromatic carbocycles. The van der Waals surface area contributed by atoms with Crippen LogP contribution < -0.4 is 0 Å². The van der Waals surface area contributed by atoms with E-state index in [1.807, 2.05) is 24.3 Å². The second kappa shape index (κ2) is 5.72. The minimum absolute atomic E-state index is 0.118. The van der Waals surface area contributed by atoms with Gasteiger partial charge in [-0.2, -0.15) is 0 Å². The molecule has 1 aliphatic heterocycles. The first-order chi connectivity index (χ1) is 8.49. The van der Waals surface area contributed by atoms with Crippen LogP contribution in [0.4, 0.5) is 0 Å². The van der Waals surface area contributed by atoms with E-state index in [0.29, 0.717) is 6.61 Å². The highest BCUT2D eigenvalue weighted by Crippen LogP contribution is 2.26. The third-order valence-electron chi connectivity index (χ3n) is 3.32. The van der Waals surface area contributed by atoms with E-state index in [0.717, 1.165) is 22.9 Å². The average molecular weight is 333 g/mol. The molecule has 0 bridgehead atoms. The van der Waals surface area contributed by atoms with Gasteiger partial charge in [-0.1, -0.05) is 28.1 Å². The highest BCUT2D eigenvalue weighted by Gasteiger charge is 2.28. The quantitative estimate of drug-likeness (QED) is 0.850. The molecule has 18 heavy (non-hydrogen) atoms. The Morgan fingerprint density at radius 3 is 2.61 bits per heavy atom. The molecule has 2 atom stereocenters. The van der Waals surface area contributed by atoms with Gasteiger partial charge in [0, 0.05) is 11.1 Å². The van der Waals surface area contributed by atoms with E-state index in [-0.39, 0.29) is 11.9 Å². The zero-order valence-corrected chi connectivity index (χ0v) is 12.7. The zero-order chi connectivity index (χ0) is 13.2. The largest absolute Gasteiger partial charge is 0.377 e. The van der Waals surface area contributed by atoms with Crippen LogP contribution in [0.1, 0.15) is 30.6 Å². The number of halogens is 1. The molecule has 2 rings (SSSR count). The lowest BCUT2D eigenvalue weighted by Crippen LogP contribution is -2.23. The third-order valence-corrected chi connectivity index (χ3v) is 6.03. The van der Waals surface area contributed by atoms with E-state index in [1.165, 1.54) is 0 Å². The predicted molar refractivity (Wildman–Crippen MR) is 75.3 cm³/mol. The number of hydrogen-bond donors (Lipinski definition) is 0. The lowest BCUT2D eigenvalue weighted by molar-refractivity contribution is 0.127. The number of ether oxygens (including phenoxy) is 1. The van der Waals surface area contributed by atoms with E-state index in [2.05, 4.69) is 15.9 Å². The van der Waals surface area contributed by atoms with Gasteiger partial charge in [0.2, 0.25) is 0 Å². The van der Waals surface area contributed by atoms with Crippen LogP contribution >= 0.6 is 15.9 Å².